The number of carbonyl (C=O) groups excluding carboxylic acids is 2. The number of carbonyl (C=O) groups is 2. The van der Waals surface area contributed by atoms with E-state index in [-0.39, 0.29) is 18.0 Å². The largest absolute Gasteiger partial charge is 0.360 e. The normalized spacial score (nSPS) is 13.5. The number of anilines is 4. The van der Waals surface area contributed by atoms with Gasteiger partial charge in [-0.1, -0.05) is 5.92 Å². The molecule has 0 atom stereocenters. The average Bonchev–Trinajstić information content (AvgIpc) is 3.68. The molecule has 4 heterocycles. The summed E-state index contributed by atoms with van der Waals surface area (Å²) in [5, 5.41) is 12.8. The Bertz CT molecular complexity index is 2020. The maximum atomic E-state index is 15.2. The minimum Gasteiger partial charge on any atom is -0.360 e. The van der Waals surface area contributed by atoms with Gasteiger partial charge >= 0.3 is 0 Å². The van der Waals surface area contributed by atoms with Crippen LogP contribution in [0, 0.1) is 24.6 Å². The lowest BCUT2D eigenvalue weighted by Gasteiger charge is -2.34. The Hall–Kier alpha value is -5.34. The Labute approximate surface area is 270 Å². The highest BCUT2D eigenvalue weighted by Crippen LogP contribution is 2.34. The summed E-state index contributed by atoms with van der Waals surface area (Å²) in [5.74, 6) is 4.92. The third kappa shape index (κ3) is 6.39. The molecule has 1 aliphatic heterocycles. The number of hydrogen-bond donors (Lipinski definition) is 3. The minimum absolute atomic E-state index is 0.00183. The highest BCUT2D eigenvalue weighted by molar-refractivity contribution is 6.23. The number of fused-ring (bicyclic) bond motifs is 1. The maximum absolute atomic E-state index is 15.2. The predicted octanol–water partition coefficient (Wildman–Crippen LogP) is 5.65. The minimum atomic E-state index is -0.752. The zero-order valence-electron chi connectivity index (χ0n) is 25.8. The van der Waals surface area contributed by atoms with Crippen molar-refractivity contribution in [3.63, 3.8) is 0 Å². The number of likely N-dealkylation sites (N-methyl/N-ethyl adjacent to an activating group) is 1. The van der Waals surface area contributed by atoms with Gasteiger partial charge in [0.2, 0.25) is 5.91 Å². The summed E-state index contributed by atoms with van der Waals surface area (Å²) < 4.78 is 17.1. The molecule has 3 N–H and O–H groups in total. The summed E-state index contributed by atoms with van der Waals surface area (Å²) in [4.78, 5) is 33.3. The molecule has 0 spiro atoms. The van der Waals surface area contributed by atoms with Crippen LogP contribution in [-0.4, -0.2) is 63.0 Å². The van der Waals surface area contributed by atoms with E-state index in [0.717, 1.165) is 22.6 Å². The molecule has 0 saturated carbocycles. The second-order valence-corrected chi connectivity index (χ2v) is 12.6. The van der Waals surface area contributed by atoms with Crippen molar-refractivity contribution in [1.82, 2.24) is 24.5 Å². The van der Waals surface area contributed by atoms with E-state index in [9.17, 15) is 9.59 Å². The summed E-state index contributed by atoms with van der Waals surface area (Å²) in [6, 6.07) is 12.0. The van der Waals surface area contributed by atoms with E-state index in [4.69, 9.17) is 11.6 Å². The zero-order chi connectivity index (χ0) is 32.6. The van der Waals surface area contributed by atoms with Crippen molar-refractivity contribution in [1.29, 1.82) is 0 Å². The van der Waals surface area contributed by atoms with Gasteiger partial charge in [0.15, 0.2) is 5.65 Å². The van der Waals surface area contributed by atoms with Gasteiger partial charge in [0.25, 0.3) is 5.91 Å². The molecule has 0 unspecified atom stereocenters. The standard InChI is InChI=1S/C34H32ClFN8O2/c1-21-12-29(36)28(13-22(21)7-8-26-19-37-32-30(6-5-9-44(26)32)40-25-17-38-39-18-25)33(46)41-24-14-23(34(2,3)35)15-27(16-24)43-11-10-42(4)31(45)20-43/h5-6,9,12-19,40H,10-11,20H2,1-4H3,(H,38,39)(H,41,46). The van der Waals surface area contributed by atoms with Gasteiger partial charge in [0, 0.05) is 49.5 Å². The lowest BCUT2D eigenvalue weighted by atomic mass is 10.00. The fourth-order valence-electron chi connectivity index (χ4n) is 5.17. The first-order valence-electron chi connectivity index (χ1n) is 14.6. The van der Waals surface area contributed by atoms with Crippen LogP contribution in [0.3, 0.4) is 0 Å². The van der Waals surface area contributed by atoms with E-state index in [1.54, 1.807) is 49.6 Å². The molecular weight excluding hydrogens is 607 g/mol. The van der Waals surface area contributed by atoms with Crippen LogP contribution >= 0.6 is 11.6 Å². The number of alkyl halides is 1. The van der Waals surface area contributed by atoms with Gasteiger partial charge in [-0.3, -0.25) is 19.1 Å². The number of hydrogen-bond acceptors (Lipinski definition) is 6. The Morgan fingerprint density at radius 1 is 1.11 bits per heavy atom. The van der Waals surface area contributed by atoms with Crippen LogP contribution in [0.4, 0.5) is 27.1 Å². The molecule has 0 radical (unpaired) electrons. The van der Waals surface area contributed by atoms with Crippen LogP contribution in [0.5, 0.6) is 0 Å². The van der Waals surface area contributed by atoms with Crippen molar-refractivity contribution in [2.45, 2.75) is 25.6 Å². The molecule has 5 aromatic rings. The molecule has 6 rings (SSSR count). The number of rotatable bonds is 6. The summed E-state index contributed by atoms with van der Waals surface area (Å²) in [6.07, 6.45) is 6.92. The zero-order valence-corrected chi connectivity index (χ0v) is 26.5. The molecule has 12 heteroatoms. The average molecular weight is 639 g/mol. The Morgan fingerprint density at radius 2 is 1.93 bits per heavy atom. The van der Waals surface area contributed by atoms with Gasteiger partial charge in [-0.05, 0) is 80.3 Å². The molecule has 1 fully saturated rings. The second-order valence-electron chi connectivity index (χ2n) is 11.7. The van der Waals surface area contributed by atoms with Crippen molar-refractivity contribution in [3.05, 3.63) is 101 Å². The molecule has 10 nitrogen and oxygen atoms in total. The van der Waals surface area contributed by atoms with E-state index >= 15 is 4.39 Å². The van der Waals surface area contributed by atoms with Gasteiger partial charge in [0.05, 0.1) is 40.8 Å². The van der Waals surface area contributed by atoms with E-state index in [1.165, 1.54) is 12.1 Å². The van der Waals surface area contributed by atoms with Crippen molar-refractivity contribution in [2.24, 2.45) is 0 Å². The smallest absolute Gasteiger partial charge is 0.258 e. The van der Waals surface area contributed by atoms with Crippen molar-refractivity contribution < 1.29 is 14.0 Å². The Balaban J connectivity index is 1.28. The van der Waals surface area contributed by atoms with Gasteiger partial charge in [0.1, 0.15) is 11.5 Å². The first-order valence-corrected chi connectivity index (χ1v) is 15.0. The molecule has 46 heavy (non-hydrogen) atoms. The fourth-order valence-corrected chi connectivity index (χ4v) is 5.28. The van der Waals surface area contributed by atoms with E-state index < -0.39 is 16.6 Å². The van der Waals surface area contributed by atoms with E-state index in [1.807, 2.05) is 47.5 Å². The number of nitrogens with one attached hydrogen (secondary N) is 3. The molecular formula is C34H32ClFN8O2. The number of aromatic nitrogens is 4. The van der Waals surface area contributed by atoms with Gasteiger partial charge in [-0.2, -0.15) is 5.10 Å². The van der Waals surface area contributed by atoms with Gasteiger partial charge in [-0.15, -0.1) is 11.6 Å². The number of aromatic amines is 1. The summed E-state index contributed by atoms with van der Waals surface area (Å²) in [5.41, 5.74) is 5.74. The summed E-state index contributed by atoms with van der Waals surface area (Å²) in [7, 11) is 1.77. The number of amides is 2. The summed E-state index contributed by atoms with van der Waals surface area (Å²) in [6.45, 7) is 6.85. The number of nitrogens with zero attached hydrogens (tertiary/aromatic N) is 5. The molecule has 1 aliphatic rings. The number of H-pyrrole nitrogens is 1. The summed E-state index contributed by atoms with van der Waals surface area (Å²) >= 11 is 6.67. The van der Waals surface area contributed by atoms with Crippen LogP contribution in [0.1, 0.15) is 46.6 Å². The Morgan fingerprint density at radius 3 is 2.67 bits per heavy atom. The molecule has 234 valence electrons. The maximum Gasteiger partial charge on any atom is 0.258 e. The molecule has 1 saturated heterocycles. The topological polar surface area (TPSA) is 111 Å². The number of benzene rings is 2. The highest BCUT2D eigenvalue weighted by Gasteiger charge is 2.25. The number of halogens is 2. The molecule has 2 aromatic carbocycles. The number of imidazole rings is 1. The lowest BCUT2D eigenvalue weighted by molar-refractivity contribution is -0.129. The quantitative estimate of drug-likeness (QED) is 0.164. The second kappa shape index (κ2) is 12.2. The van der Waals surface area contributed by atoms with Crippen LogP contribution in [0.25, 0.3) is 5.65 Å². The van der Waals surface area contributed by atoms with Crippen LogP contribution in [-0.2, 0) is 9.67 Å². The van der Waals surface area contributed by atoms with Crippen molar-refractivity contribution in [3.8, 4) is 11.8 Å². The van der Waals surface area contributed by atoms with Crippen LogP contribution in [0.2, 0.25) is 0 Å². The predicted molar refractivity (Wildman–Crippen MR) is 177 cm³/mol. The third-order valence-corrected chi connectivity index (χ3v) is 8.10. The van der Waals surface area contributed by atoms with Crippen molar-refractivity contribution in [2.75, 3.05) is 42.2 Å². The van der Waals surface area contributed by atoms with Crippen molar-refractivity contribution >= 4 is 51.8 Å². The third-order valence-electron chi connectivity index (χ3n) is 7.88. The Kier molecular flexibility index (Phi) is 8.15. The number of aryl methyl sites for hydroxylation is 1. The highest BCUT2D eigenvalue weighted by atomic mass is 35.5. The molecule has 0 bridgehead atoms. The van der Waals surface area contributed by atoms with Gasteiger partial charge in [-0.25, -0.2) is 9.37 Å². The molecule has 2 amide bonds. The fraction of sp³-hybridized carbons (Fsp3) is 0.235. The SMILES string of the molecule is Cc1cc(F)c(C(=O)Nc2cc(N3CCN(C)C(=O)C3)cc(C(C)(C)Cl)c2)cc1C#Cc1cnc2c(Nc3cn[nH]c3)cccn12. The first kappa shape index (κ1) is 30.7. The lowest BCUT2D eigenvalue weighted by Crippen LogP contribution is -2.48. The number of piperazine rings is 1. The first-order chi connectivity index (χ1) is 22.0. The molecule has 3 aromatic heterocycles. The van der Waals surface area contributed by atoms with E-state index in [0.29, 0.717) is 41.2 Å². The van der Waals surface area contributed by atoms with Gasteiger partial charge < -0.3 is 20.4 Å². The van der Waals surface area contributed by atoms with Crippen LogP contribution in [0.15, 0.2) is 67.3 Å². The molecule has 0 aliphatic carbocycles. The van der Waals surface area contributed by atoms with Crippen LogP contribution < -0.4 is 15.5 Å². The van der Waals surface area contributed by atoms with E-state index in [2.05, 4.69) is 37.7 Å². The number of pyridine rings is 1. The monoisotopic (exact) mass is 638 g/mol.